The number of hydrogen-bond acceptors (Lipinski definition) is 3. The van der Waals surface area contributed by atoms with E-state index in [2.05, 4.69) is 17.1 Å². The third kappa shape index (κ3) is 1.39. The van der Waals surface area contributed by atoms with Crippen LogP contribution in [0.2, 0.25) is 0 Å². The van der Waals surface area contributed by atoms with Crippen molar-refractivity contribution in [2.45, 2.75) is 13.3 Å². The zero-order valence-corrected chi connectivity index (χ0v) is 8.08. The average Bonchev–Trinajstić information content (AvgIpc) is 2.59. The van der Waals surface area contributed by atoms with E-state index < -0.39 is 0 Å². The lowest BCUT2D eigenvalue weighted by Gasteiger charge is -2.01. The third-order valence-corrected chi connectivity index (χ3v) is 2.03. The van der Waals surface area contributed by atoms with Gasteiger partial charge >= 0.3 is 0 Å². The van der Waals surface area contributed by atoms with E-state index in [0.717, 1.165) is 17.3 Å². The fraction of sp³-hybridized carbons (Fsp3) is 0.300. The van der Waals surface area contributed by atoms with Gasteiger partial charge in [-0.1, -0.05) is 13.0 Å². The third-order valence-electron chi connectivity index (χ3n) is 2.03. The van der Waals surface area contributed by atoms with Crippen molar-refractivity contribution in [3.05, 3.63) is 18.2 Å². The van der Waals surface area contributed by atoms with Gasteiger partial charge in [-0.15, -0.1) is 5.10 Å². The summed E-state index contributed by atoms with van der Waals surface area (Å²) in [5.41, 5.74) is 7.44. The van der Waals surface area contributed by atoms with E-state index in [-0.39, 0.29) is 0 Å². The minimum absolute atomic E-state index is 0.597. The van der Waals surface area contributed by atoms with E-state index in [0.29, 0.717) is 18.2 Å². The Morgan fingerprint density at radius 3 is 3.14 bits per heavy atom. The fourth-order valence-electron chi connectivity index (χ4n) is 1.37. The molecule has 0 aliphatic rings. The summed E-state index contributed by atoms with van der Waals surface area (Å²) >= 11 is 0. The molecule has 2 rings (SSSR count). The van der Waals surface area contributed by atoms with Gasteiger partial charge < -0.3 is 10.5 Å². The number of aromatic amines is 1. The maximum atomic E-state index is 5.83. The number of H-pyrrole nitrogens is 1. The van der Waals surface area contributed by atoms with Gasteiger partial charge in [-0.05, 0) is 18.6 Å². The highest BCUT2D eigenvalue weighted by atomic mass is 16.5. The van der Waals surface area contributed by atoms with Crippen LogP contribution in [0.4, 0.5) is 5.69 Å². The molecule has 0 unspecified atom stereocenters. The fourth-order valence-corrected chi connectivity index (χ4v) is 1.37. The number of fused-ring (bicyclic) bond motifs is 1. The highest BCUT2D eigenvalue weighted by Crippen LogP contribution is 2.27. The first kappa shape index (κ1) is 8.87. The minimum Gasteiger partial charge on any atom is -0.476 e. The lowest BCUT2D eigenvalue weighted by atomic mass is 10.2. The van der Waals surface area contributed by atoms with Crippen LogP contribution < -0.4 is 10.5 Å². The van der Waals surface area contributed by atoms with Gasteiger partial charge in [0.15, 0.2) is 0 Å². The largest absolute Gasteiger partial charge is 0.476 e. The Morgan fingerprint density at radius 1 is 1.50 bits per heavy atom. The number of nitrogens with two attached hydrogens (primary N) is 1. The molecule has 0 saturated heterocycles. The lowest BCUT2D eigenvalue weighted by molar-refractivity contribution is 0.308. The predicted molar refractivity (Wildman–Crippen MR) is 56.3 cm³/mol. The van der Waals surface area contributed by atoms with Gasteiger partial charge in [0.05, 0.1) is 17.5 Å². The molecule has 0 atom stereocenters. The number of nitrogens with one attached hydrogen (secondary N) is 1. The minimum atomic E-state index is 0.597. The van der Waals surface area contributed by atoms with Crippen LogP contribution in [0.15, 0.2) is 18.2 Å². The Labute approximate surface area is 82.1 Å². The Morgan fingerprint density at radius 2 is 2.36 bits per heavy atom. The molecule has 1 aromatic heterocycles. The van der Waals surface area contributed by atoms with Gasteiger partial charge in [0.2, 0.25) is 5.88 Å². The standard InChI is InChI=1S/C10H13N3O/c1-2-6-14-10-9-7(11)4-3-5-8(9)12-13-10/h3-5H,2,6,11H2,1H3,(H,12,13). The molecule has 0 aliphatic carbocycles. The molecule has 0 radical (unpaired) electrons. The molecular formula is C10H13N3O. The van der Waals surface area contributed by atoms with Gasteiger partial charge in [-0.25, -0.2) is 0 Å². The Hall–Kier alpha value is -1.71. The quantitative estimate of drug-likeness (QED) is 0.728. The molecule has 74 valence electrons. The van der Waals surface area contributed by atoms with Crippen LogP contribution in [0.5, 0.6) is 5.88 Å². The molecule has 0 aliphatic heterocycles. The second kappa shape index (κ2) is 3.57. The summed E-state index contributed by atoms with van der Waals surface area (Å²) in [7, 11) is 0. The molecule has 0 spiro atoms. The number of ether oxygens (including phenoxy) is 1. The van der Waals surface area contributed by atoms with E-state index in [9.17, 15) is 0 Å². The van der Waals surface area contributed by atoms with Crippen molar-refractivity contribution in [2.75, 3.05) is 12.3 Å². The van der Waals surface area contributed by atoms with Gasteiger partial charge in [-0.2, -0.15) is 0 Å². The predicted octanol–water partition coefficient (Wildman–Crippen LogP) is 1.93. The molecule has 1 heterocycles. The first-order valence-electron chi connectivity index (χ1n) is 4.68. The maximum Gasteiger partial charge on any atom is 0.242 e. The maximum absolute atomic E-state index is 5.83. The molecule has 0 bridgehead atoms. The SMILES string of the molecule is CCCOc1n[nH]c2cccc(N)c12. The summed E-state index contributed by atoms with van der Waals surface area (Å²) in [6, 6.07) is 5.66. The van der Waals surface area contributed by atoms with E-state index >= 15 is 0 Å². The van der Waals surface area contributed by atoms with Crippen molar-refractivity contribution >= 4 is 16.6 Å². The van der Waals surface area contributed by atoms with Crippen LogP contribution >= 0.6 is 0 Å². The summed E-state index contributed by atoms with van der Waals surface area (Å²) in [4.78, 5) is 0. The molecule has 0 amide bonds. The molecule has 0 saturated carbocycles. The van der Waals surface area contributed by atoms with Crippen molar-refractivity contribution in [3.63, 3.8) is 0 Å². The van der Waals surface area contributed by atoms with Crippen LogP contribution in [0.25, 0.3) is 10.9 Å². The number of hydrogen-bond donors (Lipinski definition) is 2. The second-order valence-electron chi connectivity index (χ2n) is 3.15. The number of benzene rings is 1. The zero-order chi connectivity index (χ0) is 9.97. The Kier molecular flexibility index (Phi) is 2.26. The molecule has 2 aromatic rings. The highest BCUT2D eigenvalue weighted by molar-refractivity contribution is 5.94. The van der Waals surface area contributed by atoms with Crippen LogP contribution in [0.3, 0.4) is 0 Å². The van der Waals surface area contributed by atoms with Crippen LogP contribution in [0, 0.1) is 0 Å². The van der Waals surface area contributed by atoms with Gasteiger partial charge in [-0.3, -0.25) is 5.10 Å². The topological polar surface area (TPSA) is 63.9 Å². The highest BCUT2D eigenvalue weighted by Gasteiger charge is 2.08. The monoisotopic (exact) mass is 191 g/mol. The summed E-state index contributed by atoms with van der Waals surface area (Å²) < 4.78 is 5.47. The normalized spacial score (nSPS) is 10.6. The van der Waals surface area contributed by atoms with Gasteiger partial charge in [0.25, 0.3) is 0 Å². The van der Waals surface area contributed by atoms with Crippen molar-refractivity contribution in [3.8, 4) is 5.88 Å². The number of rotatable bonds is 3. The van der Waals surface area contributed by atoms with Gasteiger partial charge in [0, 0.05) is 5.69 Å². The molecule has 4 nitrogen and oxygen atoms in total. The van der Waals surface area contributed by atoms with E-state index in [1.807, 2.05) is 18.2 Å². The first-order valence-corrected chi connectivity index (χ1v) is 4.68. The second-order valence-corrected chi connectivity index (χ2v) is 3.15. The summed E-state index contributed by atoms with van der Waals surface area (Å²) in [5, 5.41) is 7.83. The summed E-state index contributed by atoms with van der Waals surface area (Å²) in [6.45, 7) is 2.71. The smallest absolute Gasteiger partial charge is 0.242 e. The van der Waals surface area contributed by atoms with Gasteiger partial charge in [0.1, 0.15) is 0 Å². The number of nitrogens with zero attached hydrogens (tertiary/aromatic N) is 1. The molecule has 0 fully saturated rings. The summed E-state index contributed by atoms with van der Waals surface area (Å²) in [6.07, 6.45) is 0.959. The number of anilines is 1. The molecule has 1 aromatic carbocycles. The van der Waals surface area contributed by atoms with E-state index in [1.165, 1.54) is 0 Å². The molecular weight excluding hydrogens is 178 g/mol. The Bertz CT molecular complexity index is 436. The Balaban J connectivity index is 2.45. The number of nitrogen functional groups attached to an aromatic ring is 1. The average molecular weight is 191 g/mol. The van der Waals surface area contributed by atoms with Crippen molar-refractivity contribution in [1.29, 1.82) is 0 Å². The van der Waals surface area contributed by atoms with E-state index in [1.54, 1.807) is 0 Å². The summed E-state index contributed by atoms with van der Waals surface area (Å²) in [5.74, 6) is 0.597. The lowest BCUT2D eigenvalue weighted by Crippen LogP contribution is -1.96. The number of aromatic nitrogens is 2. The zero-order valence-electron chi connectivity index (χ0n) is 8.08. The van der Waals surface area contributed by atoms with Crippen molar-refractivity contribution < 1.29 is 4.74 Å². The molecule has 3 N–H and O–H groups in total. The van der Waals surface area contributed by atoms with Crippen LogP contribution in [0.1, 0.15) is 13.3 Å². The van der Waals surface area contributed by atoms with Crippen LogP contribution in [-0.2, 0) is 0 Å². The molecule has 4 heteroatoms. The first-order chi connectivity index (χ1) is 6.83. The molecule has 14 heavy (non-hydrogen) atoms. The van der Waals surface area contributed by atoms with Crippen molar-refractivity contribution in [1.82, 2.24) is 10.2 Å². The van der Waals surface area contributed by atoms with E-state index in [4.69, 9.17) is 10.5 Å². The van der Waals surface area contributed by atoms with Crippen LogP contribution in [-0.4, -0.2) is 16.8 Å². The van der Waals surface area contributed by atoms with Crippen molar-refractivity contribution in [2.24, 2.45) is 0 Å².